The van der Waals surface area contributed by atoms with Crippen LogP contribution in [0.5, 0.6) is 0 Å². The third-order valence-corrected chi connectivity index (χ3v) is 26.3. The van der Waals surface area contributed by atoms with Gasteiger partial charge in [-0.15, -0.1) is 0 Å². The third kappa shape index (κ3) is 47.4. The number of carboxylic acids is 2. The van der Waals surface area contributed by atoms with Crippen LogP contribution in [0.4, 0.5) is 13.2 Å². The average molecular weight is 2140 g/mol. The van der Waals surface area contributed by atoms with Crippen LogP contribution in [0, 0.1) is 16.7 Å². The number of unbranched alkanes of at least 4 members (excludes halogenated alkanes) is 1. The van der Waals surface area contributed by atoms with Crippen LogP contribution in [0.25, 0.3) is 0 Å². The molecule has 1 aromatic rings. The van der Waals surface area contributed by atoms with Crippen molar-refractivity contribution in [3.8, 4) is 0 Å². The number of nitrogens with two attached hydrogens (primary N) is 8. The summed E-state index contributed by atoms with van der Waals surface area (Å²) in [5, 5.41) is 87.8. The molecule has 19 unspecified atom stereocenters. The number of H-pyrrole nitrogens is 1. The summed E-state index contributed by atoms with van der Waals surface area (Å²) in [5.41, 5.74) is 46.2. The summed E-state index contributed by atoms with van der Waals surface area (Å²) in [7, 11) is 2.86. The fourth-order valence-electron chi connectivity index (χ4n) is 13.7. The van der Waals surface area contributed by atoms with Crippen molar-refractivity contribution in [1.29, 1.82) is 10.8 Å². The Morgan fingerprint density at radius 3 is 1.43 bits per heavy atom. The van der Waals surface area contributed by atoms with Crippen molar-refractivity contribution in [3.05, 3.63) is 18.2 Å². The molecule has 0 saturated carbocycles. The molecule has 4 rings (SSSR count). The number of aliphatic carboxylic acids is 2. The second-order valence-electron chi connectivity index (χ2n) is 34.1. The Bertz CT molecular complexity index is 4710. The van der Waals surface area contributed by atoms with Gasteiger partial charge in [-0.2, -0.15) is 13.2 Å². The van der Waals surface area contributed by atoms with E-state index in [1.54, 1.807) is 13.8 Å². The summed E-state index contributed by atoms with van der Waals surface area (Å²) < 4.78 is 31.7. The van der Waals surface area contributed by atoms with Gasteiger partial charge in [0.25, 0.3) is 0 Å². The van der Waals surface area contributed by atoms with Gasteiger partial charge in [-0.1, -0.05) is 57.0 Å². The first-order chi connectivity index (χ1) is 67.9. The number of carbonyl (C=O) groups excluding carboxylic acids is 21. The Labute approximate surface area is 844 Å². The maximum absolute atomic E-state index is 15.4. The van der Waals surface area contributed by atoms with E-state index >= 15 is 19.2 Å². The molecule has 3 aliphatic heterocycles. The fraction of sp³-hybridized carbons (Fsp3) is 0.654. The number of hydrogen-bond acceptors (Lipinski definition) is 33. The number of rotatable bonds is 35. The van der Waals surface area contributed by atoms with Gasteiger partial charge in [0.15, 0.2) is 11.9 Å². The molecule has 4 heterocycles. The van der Waals surface area contributed by atoms with Crippen molar-refractivity contribution in [2.75, 3.05) is 49.2 Å². The van der Waals surface area contributed by atoms with Gasteiger partial charge >= 0.3 is 18.1 Å². The molecular weight excluding hydrogens is 2010 g/mol. The number of imidazole rings is 1. The zero-order valence-electron chi connectivity index (χ0n) is 80.1. The third-order valence-electron chi connectivity index (χ3n) is 21.5. The van der Waals surface area contributed by atoms with Crippen molar-refractivity contribution >= 4 is 191 Å². The molecule has 0 radical (unpaired) electrons. The number of carbonyl (C=O) groups is 23. The standard InChI is InChI=1S/C79H131N31O24S4.C2HF3O2/c1-35(2)26-49-70(127)107-51-31-136-135-30-41(81)63(120)105-50(28-57(84)114)71(128)108-53(73(130)99-42(12-7-8-22-80)64(121)96-38(5)77(134)110-25-11-15-54(110)75(132)102-47(18-21-58(115)116)69(126)109-59(39(6)111)76(133)95-37(4)62(119)104-49)33-138-137-32-52(106-66(123)44(14-10-24-92-79(88)89)98-65(122)43(13-9-23-91-78(86)87)97-61(118)36(3)94-72(51)129)74(131)101-45(16-19-55(82)112)67(124)100-46(17-20-56(83)113)68(125)103-48(60(85)117)27-40-29-90-34-93-40;3-2(4,5)1(6)7/h29,34-39,41-54,59,111H,7-28,30-33,80-81H2,1-6H3,(H2,82,112)(H2,83,113)(H2,84,114)(H2,85,117)(H,90,93)(H,94,129)(H,95,133)(H,96,121)(H,97,118)(H,98,122)(H,99,130)(H,100,124)(H,101,131)(H,102,132)(H,103,125)(H,104,119)(H,105,120)(H,106,123)(H,107,127)(H,108,128)(H,109,126)(H,115,116)(H4,86,87,91)(H4,88,89,92);(H,6,7). The topological polar surface area (TPSA) is 958 Å². The molecule has 3 fully saturated rings. The van der Waals surface area contributed by atoms with E-state index in [2.05, 4.69) is 106 Å². The first kappa shape index (κ1) is 126. The van der Waals surface area contributed by atoms with Gasteiger partial charge < -0.3 is 167 Å². The van der Waals surface area contributed by atoms with Gasteiger partial charge in [0.2, 0.25) is 124 Å². The number of aromatic nitrogens is 2. The highest BCUT2D eigenvalue weighted by atomic mass is 33.1. The number of alkyl halides is 3. The van der Waals surface area contributed by atoms with Crippen LogP contribution in [-0.4, -0.2) is 348 Å². The van der Waals surface area contributed by atoms with Crippen molar-refractivity contribution in [3.63, 3.8) is 0 Å². The highest BCUT2D eigenvalue weighted by molar-refractivity contribution is 8.77. The smallest absolute Gasteiger partial charge is 0.481 e. The molecule has 812 valence electrons. The average Bonchev–Trinajstić information content (AvgIpc) is 1.85. The van der Waals surface area contributed by atoms with E-state index in [0.29, 0.717) is 27.3 Å². The van der Waals surface area contributed by atoms with Gasteiger partial charge in [-0.3, -0.25) is 116 Å². The molecule has 3 aliphatic rings. The zero-order valence-corrected chi connectivity index (χ0v) is 83.4. The van der Waals surface area contributed by atoms with Crippen LogP contribution >= 0.6 is 43.2 Å². The number of primary amides is 4. The Hall–Kier alpha value is -13.4. The van der Waals surface area contributed by atoms with Crippen molar-refractivity contribution < 1.29 is 139 Å². The molecule has 0 aromatic carbocycles. The molecule has 21 amide bonds. The second kappa shape index (κ2) is 63.7. The normalized spacial score (nSPS) is 24.4. The summed E-state index contributed by atoms with van der Waals surface area (Å²) >= 11 is 0. The summed E-state index contributed by atoms with van der Waals surface area (Å²) in [4.78, 5) is 329. The number of fused-ring (bicyclic) bond motifs is 12. The minimum absolute atomic E-state index is 0.0327. The maximum Gasteiger partial charge on any atom is 0.490 e. The molecule has 57 nitrogen and oxygen atoms in total. The predicted molar refractivity (Wildman–Crippen MR) is 516 cm³/mol. The Kier molecular flexibility index (Phi) is 55.3. The molecule has 0 aliphatic carbocycles. The number of hydrogen-bond donors (Lipinski definition) is 32. The highest BCUT2D eigenvalue weighted by Crippen LogP contribution is 2.27. The zero-order chi connectivity index (χ0) is 109. The van der Waals surface area contributed by atoms with E-state index in [9.17, 15) is 110 Å². The van der Waals surface area contributed by atoms with E-state index in [0.717, 1.165) is 47.3 Å². The fourth-order valence-corrected chi connectivity index (χ4v) is 18.3. The molecule has 145 heavy (non-hydrogen) atoms. The SMILES string of the molecule is CC(C)CC1NC(=O)C(C)NC(=O)C(C(C)O)NC(=O)C(CCC(=O)O)NC(=O)C2CCCN2C(=O)C(C)NC(=O)C(CCCCN)NC(=O)C2CSSCC(C(=O)NC(CCC(N)=O)C(=O)NC(CCC(N)=O)C(=O)NC(Cc3cnc[nH]3)C(N)=O)NC(=O)C(CCCNC(=N)N)NC(=O)C(CCCNC(=N)N)NC(=O)C(C)NC(=O)C(CSSCC(N)C(=O)NC(CC(N)=O)C(=O)N2)NC1=O.O=C(O)C(F)(F)F. The number of aliphatic hydroxyl groups is 1. The van der Waals surface area contributed by atoms with Crippen molar-refractivity contribution in [1.82, 2.24) is 111 Å². The first-order valence-corrected chi connectivity index (χ1v) is 50.5. The Morgan fingerprint density at radius 1 is 0.503 bits per heavy atom. The van der Waals surface area contributed by atoms with Crippen LogP contribution < -0.4 is 142 Å². The molecule has 1 aromatic heterocycles. The highest BCUT2D eigenvalue weighted by Gasteiger charge is 2.44. The maximum atomic E-state index is 15.4. The second-order valence-corrected chi connectivity index (χ2v) is 39.2. The lowest BCUT2D eigenvalue weighted by molar-refractivity contribution is -0.192. The summed E-state index contributed by atoms with van der Waals surface area (Å²) in [6, 6.07) is -31.5. The lowest BCUT2D eigenvalue weighted by Crippen LogP contribution is -2.61. The molecule has 19 atom stereocenters. The van der Waals surface area contributed by atoms with Crippen LogP contribution in [0.3, 0.4) is 0 Å². The molecule has 40 N–H and O–H groups in total. The van der Waals surface area contributed by atoms with Gasteiger partial charge in [0.1, 0.15) is 103 Å². The Balaban J connectivity index is 0.00000742. The van der Waals surface area contributed by atoms with Gasteiger partial charge in [0, 0.05) is 80.2 Å². The van der Waals surface area contributed by atoms with E-state index < -0.39 is 349 Å². The predicted octanol–water partition coefficient (Wildman–Crippen LogP) is -11.7. The number of aliphatic hydroxyl groups excluding tert-OH is 1. The van der Waals surface area contributed by atoms with Crippen molar-refractivity contribution in [2.45, 2.75) is 278 Å². The van der Waals surface area contributed by atoms with Gasteiger partial charge in [0.05, 0.1) is 24.9 Å². The van der Waals surface area contributed by atoms with Gasteiger partial charge in [-0.05, 0) is 124 Å². The summed E-state index contributed by atoms with van der Waals surface area (Å²) in [6.45, 7) is 7.48. The monoisotopic (exact) mass is 2140 g/mol. The lowest BCUT2D eigenvalue weighted by Gasteiger charge is -2.30. The molecule has 3 saturated heterocycles. The Morgan fingerprint density at radius 2 is 0.938 bits per heavy atom. The number of carboxylic acid groups (broad SMARTS) is 2. The van der Waals surface area contributed by atoms with Crippen LogP contribution in [0.2, 0.25) is 0 Å². The minimum atomic E-state index is -5.08. The molecule has 0 spiro atoms. The van der Waals surface area contributed by atoms with Gasteiger partial charge in [-0.25, -0.2) is 9.78 Å². The van der Waals surface area contributed by atoms with Crippen LogP contribution in [-0.2, 0) is 117 Å². The number of guanidine groups is 2. The number of amides is 21. The number of halogens is 3. The lowest BCUT2D eigenvalue weighted by atomic mass is 10.0. The largest absolute Gasteiger partial charge is 0.490 e. The quantitative estimate of drug-likeness (QED) is 0.0130. The van der Waals surface area contributed by atoms with E-state index in [-0.39, 0.29) is 90.4 Å². The van der Waals surface area contributed by atoms with Crippen LogP contribution in [0.15, 0.2) is 12.5 Å². The van der Waals surface area contributed by atoms with Crippen molar-refractivity contribution in [2.24, 2.45) is 51.8 Å². The number of nitrogens with one attached hydrogen (secondary N) is 21. The van der Waals surface area contributed by atoms with Crippen LogP contribution in [0.1, 0.15) is 156 Å². The minimum Gasteiger partial charge on any atom is -0.481 e. The summed E-state index contributed by atoms with van der Waals surface area (Å²) in [5.74, 6) is -32.0. The molecule has 64 heteroatoms. The summed E-state index contributed by atoms with van der Waals surface area (Å²) in [6.07, 6.45) is -10.7. The van der Waals surface area contributed by atoms with E-state index in [1.807, 2.05) is 0 Å². The molecule has 2 bridgehead atoms. The number of aromatic amines is 1. The van der Waals surface area contributed by atoms with E-state index in [1.165, 1.54) is 19.4 Å². The molecular formula is C81H132F3N31O26S4. The first-order valence-electron chi connectivity index (χ1n) is 45.5. The number of nitrogens with zero attached hydrogens (tertiary/aromatic N) is 2. The van der Waals surface area contributed by atoms with E-state index in [4.69, 9.17) is 66.6 Å².